The minimum absolute atomic E-state index is 0.283. The Hall–Kier alpha value is -1.95. The zero-order chi connectivity index (χ0) is 17.6. The van der Waals surface area contributed by atoms with Gasteiger partial charge in [-0.3, -0.25) is 9.88 Å². The van der Waals surface area contributed by atoms with E-state index in [1.54, 1.807) is 6.20 Å². The van der Waals surface area contributed by atoms with Gasteiger partial charge in [0.25, 0.3) is 0 Å². The van der Waals surface area contributed by atoms with Crippen molar-refractivity contribution in [3.63, 3.8) is 0 Å². The molecule has 1 aromatic heterocycles. The topological polar surface area (TPSA) is 46.6 Å². The standard InChI is InChI=1S/C21H27N3O2/c1-2-7-21(26-16-18-6-3-4-10-23-18)17(5-1)13-22-14-20-15-24(11-12-25-20)19-8-9-19/h1-7,10,19-20,22H,8-9,11-16H2/t20-/m1/s1. The van der Waals surface area contributed by atoms with Crippen molar-refractivity contribution in [1.82, 2.24) is 15.2 Å². The van der Waals surface area contributed by atoms with Crippen LogP contribution in [0.2, 0.25) is 0 Å². The number of ether oxygens (including phenoxy) is 2. The summed E-state index contributed by atoms with van der Waals surface area (Å²) in [7, 11) is 0. The first-order valence-electron chi connectivity index (χ1n) is 9.55. The summed E-state index contributed by atoms with van der Waals surface area (Å²) in [5, 5.41) is 3.54. The Morgan fingerprint density at radius 1 is 1.15 bits per heavy atom. The lowest BCUT2D eigenvalue weighted by Crippen LogP contribution is -2.47. The Morgan fingerprint density at radius 3 is 2.88 bits per heavy atom. The molecule has 0 unspecified atom stereocenters. The van der Waals surface area contributed by atoms with Crippen molar-refractivity contribution in [2.75, 3.05) is 26.2 Å². The van der Waals surface area contributed by atoms with Gasteiger partial charge in [-0.2, -0.15) is 0 Å². The van der Waals surface area contributed by atoms with Crippen LogP contribution in [0.1, 0.15) is 24.1 Å². The highest BCUT2D eigenvalue weighted by Crippen LogP contribution is 2.28. The van der Waals surface area contributed by atoms with E-state index in [1.807, 2.05) is 30.3 Å². The summed E-state index contributed by atoms with van der Waals surface area (Å²) in [6.07, 6.45) is 4.80. The highest BCUT2D eigenvalue weighted by molar-refractivity contribution is 5.33. The Kier molecular flexibility index (Phi) is 5.79. The van der Waals surface area contributed by atoms with E-state index in [4.69, 9.17) is 9.47 Å². The second kappa shape index (κ2) is 8.62. The van der Waals surface area contributed by atoms with Crippen LogP contribution < -0.4 is 10.1 Å². The molecule has 26 heavy (non-hydrogen) atoms. The van der Waals surface area contributed by atoms with Crippen molar-refractivity contribution in [3.05, 3.63) is 59.9 Å². The summed E-state index contributed by atoms with van der Waals surface area (Å²) in [6, 6.07) is 14.9. The molecule has 1 aromatic carbocycles. The maximum absolute atomic E-state index is 5.98. The predicted octanol–water partition coefficient (Wildman–Crippen LogP) is 2.61. The zero-order valence-electron chi connectivity index (χ0n) is 15.1. The van der Waals surface area contributed by atoms with Gasteiger partial charge in [-0.05, 0) is 31.0 Å². The molecule has 1 saturated carbocycles. The highest BCUT2D eigenvalue weighted by Gasteiger charge is 2.32. The second-order valence-electron chi connectivity index (χ2n) is 7.07. The van der Waals surface area contributed by atoms with Crippen molar-refractivity contribution in [3.8, 4) is 5.75 Å². The van der Waals surface area contributed by atoms with Crippen LogP contribution in [0.15, 0.2) is 48.7 Å². The average molecular weight is 353 g/mol. The number of para-hydroxylation sites is 1. The van der Waals surface area contributed by atoms with Gasteiger partial charge in [0.15, 0.2) is 0 Å². The van der Waals surface area contributed by atoms with Gasteiger partial charge >= 0.3 is 0 Å². The molecule has 0 radical (unpaired) electrons. The van der Waals surface area contributed by atoms with E-state index < -0.39 is 0 Å². The molecule has 5 nitrogen and oxygen atoms in total. The van der Waals surface area contributed by atoms with Crippen LogP contribution in [0.4, 0.5) is 0 Å². The lowest BCUT2D eigenvalue weighted by molar-refractivity contribution is -0.0301. The van der Waals surface area contributed by atoms with Gasteiger partial charge in [0.1, 0.15) is 12.4 Å². The van der Waals surface area contributed by atoms with E-state index in [1.165, 1.54) is 18.4 Å². The van der Waals surface area contributed by atoms with Crippen molar-refractivity contribution >= 4 is 0 Å². The van der Waals surface area contributed by atoms with Crippen LogP contribution >= 0.6 is 0 Å². The number of rotatable bonds is 8. The van der Waals surface area contributed by atoms with E-state index in [-0.39, 0.29) is 6.10 Å². The molecule has 2 fully saturated rings. The fourth-order valence-electron chi connectivity index (χ4n) is 3.43. The van der Waals surface area contributed by atoms with E-state index >= 15 is 0 Å². The summed E-state index contributed by atoms with van der Waals surface area (Å²) in [4.78, 5) is 6.89. The number of nitrogens with zero attached hydrogens (tertiary/aromatic N) is 2. The summed E-state index contributed by atoms with van der Waals surface area (Å²) < 4.78 is 11.9. The molecule has 1 N–H and O–H groups in total. The first-order valence-corrected chi connectivity index (χ1v) is 9.55. The fourth-order valence-corrected chi connectivity index (χ4v) is 3.43. The molecule has 1 aliphatic heterocycles. The third kappa shape index (κ3) is 4.81. The first-order chi connectivity index (χ1) is 12.9. The van der Waals surface area contributed by atoms with Gasteiger partial charge in [0.05, 0.1) is 18.4 Å². The van der Waals surface area contributed by atoms with E-state index in [2.05, 4.69) is 27.3 Å². The lowest BCUT2D eigenvalue weighted by atomic mass is 10.2. The van der Waals surface area contributed by atoms with Gasteiger partial charge in [-0.15, -0.1) is 0 Å². The molecule has 5 heteroatoms. The fraction of sp³-hybridized carbons (Fsp3) is 0.476. The van der Waals surface area contributed by atoms with Crippen LogP contribution in [-0.2, 0) is 17.9 Å². The van der Waals surface area contributed by atoms with E-state index in [0.717, 1.165) is 50.3 Å². The molecular weight excluding hydrogens is 326 g/mol. The number of hydrogen-bond donors (Lipinski definition) is 1. The Bertz CT molecular complexity index is 691. The quantitative estimate of drug-likeness (QED) is 0.790. The summed E-state index contributed by atoms with van der Waals surface area (Å²) in [6.45, 7) is 5.13. The molecule has 1 aliphatic carbocycles. The Labute approximate surface area is 155 Å². The highest BCUT2D eigenvalue weighted by atomic mass is 16.5. The number of aromatic nitrogens is 1. The molecule has 0 bridgehead atoms. The number of morpholine rings is 1. The third-order valence-electron chi connectivity index (χ3n) is 5.00. The van der Waals surface area contributed by atoms with Gasteiger partial charge in [-0.1, -0.05) is 24.3 Å². The van der Waals surface area contributed by atoms with Crippen molar-refractivity contribution in [2.24, 2.45) is 0 Å². The largest absolute Gasteiger partial charge is 0.487 e. The Balaban J connectivity index is 1.26. The van der Waals surface area contributed by atoms with Gasteiger partial charge in [-0.25, -0.2) is 0 Å². The van der Waals surface area contributed by atoms with Crippen LogP contribution in [0, 0.1) is 0 Å². The predicted molar refractivity (Wildman–Crippen MR) is 101 cm³/mol. The number of hydrogen-bond acceptors (Lipinski definition) is 5. The molecule has 1 atom stereocenters. The van der Waals surface area contributed by atoms with Crippen LogP contribution in [0.5, 0.6) is 5.75 Å². The number of benzene rings is 1. The third-order valence-corrected chi connectivity index (χ3v) is 5.00. The molecule has 1 saturated heterocycles. The molecule has 0 amide bonds. The Morgan fingerprint density at radius 2 is 2.04 bits per heavy atom. The number of pyridine rings is 1. The lowest BCUT2D eigenvalue weighted by Gasteiger charge is -2.33. The van der Waals surface area contributed by atoms with Crippen molar-refractivity contribution < 1.29 is 9.47 Å². The van der Waals surface area contributed by atoms with E-state index in [9.17, 15) is 0 Å². The van der Waals surface area contributed by atoms with Crippen molar-refractivity contribution in [2.45, 2.75) is 38.1 Å². The van der Waals surface area contributed by atoms with Crippen LogP contribution in [-0.4, -0.2) is 48.3 Å². The van der Waals surface area contributed by atoms with Crippen LogP contribution in [0.25, 0.3) is 0 Å². The smallest absolute Gasteiger partial charge is 0.130 e. The summed E-state index contributed by atoms with van der Waals surface area (Å²) in [5.74, 6) is 0.912. The van der Waals surface area contributed by atoms with Gasteiger partial charge < -0.3 is 14.8 Å². The number of nitrogens with one attached hydrogen (secondary N) is 1. The monoisotopic (exact) mass is 353 g/mol. The van der Waals surface area contributed by atoms with Crippen molar-refractivity contribution in [1.29, 1.82) is 0 Å². The first kappa shape index (κ1) is 17.5. The molecular formula is C21H27N3O2. The zero-order valence-corrected chi connectivity index (χ0v) is 15.1. The molecule has 2 aromatic rings. The SMILES string of the molecule is c1ccc(COc2ccccc2CNC[C@@H]2CN(C3CC3)CCO2)nc1. The maximum atomic E-state index is 5.98. The van der Waals surface area contributed by atoms with Gasteiger partial charge in [0, 0.05) is 44.0 Å². The summed E-state index contributed by atoms with van der Waals surface area (Å²) >= 11 is 0. The van der Waals surface area contributed by atoms with Gasteiger partial charge in [0.2, 0.25) is 0 Å². The minimum Gasteiger partial charge on any atom is -0.487 e. The van der Waals surface area contributed by atoms with Crippen LogP contribution in [0.3, 0.4) is 0 Å². The molecule has 0 spiro atoms. The molecule has 2 aliphatic rings. The molecule has 4 rings (SSSR count). The molecule has 2 heterocycles. The normalized spacial score (nSPS) is 20.8. The summed E-state index contributed by atoms with van der Waals surface area (Å²) in [5.41, 5.74) is 2.10. The second-order valence-corrected chi connectivity index (χ2v) is 7.07. The minimum atomic E-state index is 0.283. The molecule has 138 valence electrons. The average Bonchev–Trinajstić information content (AvgIpc) is 3.54. The maximum Gasteiger partial charge on any atom is 0.130 e. The van der Waals surface area contributed by atoms with E-state index in [0.29, 0.717) is 6.61 Å².